The van der Waals surface area contributed by atoms with Crippen LogP contribution < -0.4 is 0 Å². The lowest BCUT2D eigenvalue weighted by molar-refractivity contribution is -0.143. The number of benzene rings is 1. The summed E-state index contributed by atoms with van der Waals surface area (Å²) in [7, 11) is 0. The lowest BCUT2D eigenvalue weighted by atomic mass is 10.0. The second-order valence-electron chi connectivity index (χ2n) is 3.95. The molecule has 0 aliphatic heterocycles. The number of alkyl halides is 6. The summed E-state index contributed by atoms with van der Waals surface area (Å²) < 4.78 is 75.9. The number of hydrogen-bond donors (Lipinski definition) is 0. The first kappa shape index (κ1) is 14.4. The maximum absolute atomic E-state index is 12.7. The van der Waals surface area contributed by atoms with E-state index in [0.717, 1.165) is 0 Å². The number of halogens is 6. The molecule has 0 spiro atoms. The van der Waals surface area contributed by atoms with E-state index in [4.69, 9.17) is 0 Å². The Balaban J connectivity index is 2.64. The molecule has 0 amide bonds. The molecule has 2 aromatic rings. The molecule has 1 radical (unpaired) electrons. The van der Waals surface area contributed by atoms with Gasteiger partial charge in [-0.2, -0.15) is 26.3 Å². The first-order chi connectivity index (χ1) is 9.18. The molecule has 105 valence electrons. The predicted molar refractivity (Wildman–Crippen MR) is 58.5 cm³/mol. The fraction of sp³-hybridized carbons (Fsp3) is 0.154. The molecular weight excluding hydrogens is 284 g/mol. The molecule has 0 unspecified atom stereocenters. The van der Waals surface area contributed by atoms with E-state index in [1.54, 1.807) is 0 Å². The summed E-state index contributed by atoms with van der Waals surface area (Å²) in [6, 6.07) is 5.47. The van der Waals surface area contributed by atoms with E-state index < -0.39 is 23.5 Å². The van der Waals surface area contributed by atoms with E-state index in [0.29, 0.717) is 12.1 Å². The molecule has 1 aromatic carbocycles. The van der Waals surface area contributed by atoms with E-state index in [2.05, 4.69) is 11.2 Å². The third kappa shape index (κ3) is 3.09. The smallest absolute Gasteiger partial charge is 0.246 e. The van der Waals surface area contributed by atoms with Crippen LogP contribution in [0.3, 0.4) is 0 Å². The summed E-state index contributed by atoms with van der Waals surface area (Å²) >= 11 is 0. The van der Waals surface area contributed by atoms with E-state index in [1.165, 1.54) is 18.2 Å². The summed E-state index contributed by atoms with van der Waals surface area (Å²) in [6.45, 7) is 0. The van der Waals surface area contributed by atoms with E-state index >= 15 is 0 Å². The van der Waals surface area contributed by atoms with Crippen LogP contribution >= 0.6 is 0 Å². The Morgan fingerprint density at radius 1 is 0.850 bits per heavy atom. The minimum Gasteiger partial charge on any atom is -0.246 e. The topological polar surface area (TPSA) is 12.9 Å². The zero-order chi connectivity index (χ0) is 15.0. The first-order valence-electron chi connectivity index (χ1n) is 5.31. The molecule has 1 aromatic heterocycles. The molecule has 0 atom stereocenters. The standard InChI is InChI=1S/C13H6F6N/c14-12(15,16)9-5-8(11-3-1-2-4-20-11)6-10(7-9)13(17,18)19/h1-3,5-7H. The fourth-order valence-corrected chi connectivity index (χ4v) is 1.59. The predicted octanol–water partition coefficient (Wildman–Crippen LogP) is 4.59. The Kier molecular flexibility index (Phi) is 3.45. The van der Waals surface area contributed by atoms with Gasteiger partial charge in [0.1, 0.15) is 0 Å². The van der Waals surface area contributed by atoms with Crippen molar-refractivity contribution in [2.75, 3.05) is 0 Å². The van der Waals surface area contributed by atoms with Crippen LogP contribution in [0.1, 0.15) is 11.1 Å². The van der Waals surface area contributed by atoms with Crippen molar-refractivity contribution in [1.29, 1.82) is 0 Å². The zero-order valence-electron chi connectivity index (χ0n) is 9.68. The zero-order valence-corrected chi connectivity index (χ0v) is 9.68. The maximum atomic E-state index is 12.7. The largest absolute Gasteiger partial charge is 0.416 e. The number of hydrogen-bond acceptors (Lipinski definition) is 1. The summed E-state index contributed by atoms with van der Waals surface area (Å²) in [4.78, 5) is 3.64. The lowest BCUT2D eigenvalue weighted by Crippen LogP contribution is -2.11. The van der Waals surface area contributed by atoms with E-state index in [-0.39, 0.29) is 17.3 Å². The minimum atomic E-state index is -4.87. The number of rotatable bonds is 1. The highest BCUT2D eigenvalue weighted by atomic mass is 19.4. The van der Waals surface area contributed by atoms with Gasteiger partial charge in [0.15, 0.2) is 0 Å². The Morgan fingerprint density at radius 2 is 1.40 bits per heavy atom. The molecule has 1 heterocycles. The van der Waals surface area contributed by atoms with Crippen LogP contribution in [0.25, 0.3) is 11.3 Å². The summed E-state index contributed by atoms with van der Waals surface area (Å²) in [5.74, 6) is 0. The van der Waals surface area contributed by atoms with Gasteiger partial charge in [-0.05, 0) is 30.3 Å². The molecule has 0 saturated heterocycles. The average molecular weight is 290 g/mol. The summed E-state index contributed by atoms with van der Waals surface area (Å²) in [5.41, 5.74) is -3.01. The fourth-order valence-electron chi connectivity index (χ4n) is 1.59. The van der Waals surface area contributed by atoms with E-state index in [9.17, 15) is 26.3 Å². The average Bonchev–Trinajstić information content (AvgIpc) is 2.37. The Labute approximate surface area is 109 Å². The number of pyridine rings is 1. The van der Waals surface area contributed by atoms with Gasteiger partial charge in [0.25, 0.3) is 0 Å². The monoisotopic (exact) mass is 290 g/mol. The lowest BCUT2D eigenvalue weighted by Gasteiger charge is -2.13. The van der Waals surface area contributed by atoms with Gasteiger partial charge in [-0.25, -0.2) is 4.98 Å². The van der Waals surface area contributed by atoms with Crippen molar-refractivity contribution in [3.63, 3.8) is 0 Å². The molecule has 0 bridgehead atoms. The number of aromatic nitrogens is 1. The van der Waals surface area contributed by atoms with Gasteiger partial charge in [-0.15, -0.1) is 0 Å². The van der Waals surface area contributed by atoms with Crippen LogP contribution in [0.2, 0.25) is 0 Å². The second kappa shape index (κ2) is 4.81. The quantitative estimate of drug-likeness (QED) is 0.700. The Morgan fingerprint density at radius 3 is 1.80 bits per heavy atom. The van der Waals surface area contributed by atoms with Crippen molar-refractivity contribution in [3.8, 4) is 11.3 Å². The van der Waals surface area contributed by atoms with Gasteiger partial charge < -0.3 is 0 Å². The van der Waals surface area contributed by atoms with Crippen LogP contribution in [-0.2, 0) is 12.4 Å². The molecular formula is C13H6F6N. The first-order valence-corrected chi connectivity index (χ1v) is 5.31. The van der Waals surface area contributed by atoms with Crippen molar-refractivity contribution in [2.45, 2.75) is 12.4 Å². The van der Waals surface area contributed by atoms with Crippen LogP contribution in [0.15, 0.2) is 36.4 Å². The van der Waals surface area contributed by atoms with Crippen molar-refractivity contribution in [1.82, 2.24) is 4.98 Å². The molecule has 1 nitrogen and oxygen atoms in total. The maximum Gasteiger partial charge on any atom is 0.416 e. The summed E-state index contributed by atoms with van der Waals surface area (Å²) in [6.07, 6.45) is -7.37. The molecule has 7 heteroatoms. The van der Waals surface area contributed by atoms with Gasteiger partial charge >= 0.3 is 12.4 Å². The third-order valence-electron chi connectivity index (χ3n) is 2.49. The van der Waals surface area contributed by atoms with Gasteiger partial charge in [-0.1, -0.05) is 6.07 Å². The van der Waals surface area contributed by atoms with Crippen molar-refractivity contribution < 1.29 is 26.3 Å². The normalized spacial score (nSPS) is 12.5. The van der Waals surface area contributed by atoms with E-state index in [1.807, 2.05) is 0 Å². The van der Waals surface area contributed by atoms with Gasteiger partial charge in [0.2, 0.25) is 0 Å². The van der Waals surface area contributed by atoms with Crippen LogP contribution in [0, 0.1) is 6.20 Å². The van der Waals surface area contributed by atoms with Gasteiger partial charge in [-0.3, -0.25) is 0 Å². The summed E-state index contributed by atoms with van der Waals surface area (Å²) in [5, 5.41) is 0. The molecule has 0 N–H and O–H groups in total. The molecule has 20 heavy (non-hydrogen) atoms. The van der Waals surface area contributed by atoms with Crippen LogP contribution in [0.4, 0.5) is 26.3 Å². The SMILES string of the molecule is FC(F)(F)c1cc(-c2ccc[c]n2)cc(C(F)(F)F)c1. The molecule has 0 aliphatic rings. The van der Waals surface area contributed by atoms with Crippen LogP contribution in [0.5, 0.6) is 0 Å². The molecule has 0 aliphatic carbocycles. The van der Waals surface area contributed by atoms with Crippen molar-refractivity contribution >= 4 is 0 Å². The Hall–Kier alpha value is -2.05. The highest BCUT2D eigenvalue weighted by Gasteiger charge is 2.37. The van der Waals surface area contributed by atoms with Crippen LogP contribution in [-0.4, -0.2) is 4.98 Å². The van der Waals surface area contributed by atoms with Gasteiger partial charge in [0.05, 0.1) is 23.0 Å². The highest BCUT2D eigenvalue weighted by molar-refractivity contribution is 5.61. The van der Waals surface area contributed by atoms with Crippen molar-refractivity contribution in [3.05, 3.63) is 53.7 Å². The molecule has 2 rings (SSSR count). The molecule has 0 fully saturated rings. The molecule has 0 saturated carbocycles. The number of nitrogens with zero attached hydrogens (tertiary/aromatic N) is 1. The minimum absolute atomic E-state index is 0.0101. The third-order valence-corrected chi connectivity index (χ3v) is 2.49. The second-order valence-corrected chi connectivity index (χ2v) is 3.95. The Bertz CT molecular complexity index is 568. The highest BCUT2D eigenvalue weighted by Crippen LogP contribution is 2.38. The van der Waals surface area contributed by atoms with Crippen molar-refractivity contribution in [2.24, 2.45) is 0 Å². The van der Waals surface area contributed by atoms with Gasteiger partial charge in [0, 0.05) is 5.56 Å².